The zero-order valence-electron chi connectivity index (χ0n) is 12.7. The summed E-state index contributed by atoms with van der Waals surface area (Å²) >= 11 is 12.7. The van der Waals surface area contributed by atoms with Crippen molar-refractivity contribution < 1.29 is 9.31 Å². The first-order valence-electron chi connectivity index (χ1n) is 6.79. The Kier molecular flexibility index (Phi) is 3.34. The fourth-order valence-electron chi connectivity index (χ4n) is 2.45. The minimum Gasteiger partial charge on any atom is -0.399 e. The highest BCUT2D eigenvalue weighted by molar-refractivity contribution is 6.69. The van der Waals surface area contributed by atoms with Crippen LogP contribution in [0.5, 0.6) is 0 Å². The van der Waals surface area contributed by atoms with Crippen LogP contribution in [0.25, 0.3) is 10.9 Å². The quantitative estimate of drug-likeness (QED) is 0.755. The number of halogens is 2. The molecule has 0 radical (unpaired) electrons. The lowest BCUT2D eigenvalue weighted by atomic mass is 9.77. The van der Waals surface area contributed by atoms with Gasteiger partial charge in [-0.05, 0) is 33.8 Å². The van der Waals surface area contributed by atoms with Gasteiger partial charge in [0.1, 0.15) is 0 Å². The zero-order valence-corrected chi connectivity index (χ0v) is 14.2. The summed E-state index contributed by atoms with van der Waals surface area (Å²) in [4.78, 5) is 0. The lowest BCUT2D eigenvalue weighted by Crippen LogP contribution is -2.41. The van der Waals surface area contributed by atoms with Crippen LogP contribution in [0.3, 0.4) is 0 Å². The molecule has 1 saturated heterocycles. The highest BCUT2D eigenvalue weighted by atomic mass is 35.5. The number of aromatic nitrogens is 2. The van der Waals surface area contributed by atoms with Crippen LogP contribution in [0, 0.1) is 0 Å². The van der Waals surface area contributed by atoms with E-state index >= 15 is 0 Å². The minimum atomic E-state index is -0.562. The van der Waals surface area contributed by atoms with Crippen molar-refractivity contribution in [3.63, 3.8) is 0 Å². The van der Waals surface area contributed by atoms with Gasteiger partial charge in [0.2, 0.25) is 0 Å². The van der Waals surface area contributed by atoms with Crippen LogP contribution >= 0.6 is 23.2 Å². The van der Waals surface area contributed by atoms with E-state index in [0.717, 1.165) is 16.4 Å². The normalized spacial score (nSPS) is 20.4. The summed E-state index contributed by atoms with van der Waals surface area (Å²) in [6.45, 7) is 8.02. The van der Waals surface area contributed by atoms with E-state index in [-0.39, 0.29) is 0 Å². The maximum absolute atomic E-state index is 6.42. The standard InChI is InChI=1S/C14H17BCl2N2O2/c1-13(2)14(3,4)21-15(20-13)11-8-7-18-19(5)10(8)6-9(16)12(11)17/h6-7H,1-5H3. The number of benzene rings is 1. The van der Waals surface area contributed by atoms with E-state index < -0.39 is 18.3 Å². The Morgan fingerprint density at radius 3 is 2.29 bits per heavy atom. The van der Waals surface area contributed by atoms with Gasteiger partial charge in [0.25, 0.3) is 0 Å². The minimum absolute atomic E-state index is 0.433. The van der Waals surface area contributed by atoms with E-state index in [9.17, 15) is 0 Å². The van der Waals surface area contributed by atoms with Crippen molar-refractivity contribution in [3.8, 4) is 0 Å². The second-order valence-electron chi connectivity index (χ2n) is 6.38. The van der Waals surface area contributed by atoms with Gasteiger partial charge >= 0.3 is 7.12 Å². The van der Waals surface area contributed by atoms with Crippen molar-refractivity contribution in [1.29, 1.82) is 0 Å². The van der Waals surface area contributed by atoms with E-state index in [1.807, 2.05) is 34.7 Å². The van der Waals surface area contributed by atoms with Gasteiger partial charge in [-0.2, -0.15) is 5.10 Å². The van der Waals surface area contributed by atoms with Gasteiger partial charge in [0, 0.05) is 17.9 Å². The predicted molar refractivity (Wildman–Crippen MR) is 86.5 cm³/mol. The van der Waals surface area contributed by atoms with Gasteiger partial charge in [0.05, 0.1) is 33.0 Å². The molecule has 1 aliphatic heterocycles. The second kappa shape index (κ2) is 4.62. The highest BCUT2D eigenvalue weighted by Gasteiger charge is 2.52. The molecule has 1 aromatic heterocycles. The second-order valence-corrected chi connectivity index (χ2v) is 7.16. The number of hydrogen-bond acceptors (Lipinski definition) is 3. The molecule has 2 heterocycles. The maximum atomic E-state index is 6.42. The van der Waals surface area contributed by atoms with Crippen LogP contribution in [-0.2, 0) is 16.4 Å². The molecule has 0 spiro atoms. The Bertz CT molecular complexity index is 711. The molecule has 0 saturated carbocycles. The smallest absolute Gasteiger partial charge is 0.399 e. The average molecular weight is 327 g/mol. The van der Waals surface area contributed by atoms with E-state index in [1.165, 1.54) is 0 Å². The van der Waals surface area contributed by atoms with Crippen molar-refractivity contribution in [3.05, 3.63) is 22.3 Å². The molecule has 2 aromatic rings. The fraction of sp³-hybridized carbons (Fsp3) is 0.500. The Balaban J connectivity index is 2.20. The van der Waals surface area contributed by atoms with E-state index in [2.05, 4.69) is 5.10 Å². The Hall–Kier alpha value is -0.745. The van der Waals surface area contributed by atoms with Crippen LogP contribution < -0.4 is 5.46 Å². The van der Waals surface area contributed by atoms with Crippen molar-refractivity contribution in [2.75, 3.05) is 0 Å². The van der Waals surface area contributed by atoms with Crippen molar-refractivity contribution >= 4 is 46.7 Å². The molecular weight excluding hydrogens is 310 g/mol. The zero-order chi connectivity index (χ0) is 15.6. The largest absolute Gasteiger partial charge is 0.497 e. The van der Waals surface area contributed by atoms with Crippen molar-refractivity contribution in [2.45, 2.75) is 38.9 Å². The van der Waals surface area contributed by atoms with Crippen LogP contribution in [0.1, 0.15) is 27.7 Å². The molecule has 7 heteroatoms. The number of fused-ring (bicyclic) bond motifs is 1. The number of hydrogen-bond donors (Lipinski definition) is 0. The summed E-state index contributed by atoms with van der Waals surface area (Å²) < 4.78 is 14.0. The molecule has 0 aliphatic carbocycles. The maximum Gasteiger partial charge on any atom is 0.497 e. The van der Waals surface area contributed by atoms with E-state index in [0.29, 0.717) is 10.0 Å². The molecule has 3 rings (SSSR count). The Morgan fingerprint density at radius 1 is 1.14 bits per heavy atom. The Labute approximate surface area is 134 Å². The van der Waals surface area contributed by atoms with E-state index in [1.54, 1.807) is 16.9 Å². The fourth-order valence-corrected chi connectivity index (χ4v) is 2.90. The molecule has 0 bridgehead atoms. The lowest BCUT2D eigenvalue weighted by Gasteiger charge is -2.32. The first-order valence-corrected chi connectivity index (χ1v) is 7.55. The van der Waals surface area contributed by atoms with Gasteiger partial charge in [-0.25, -0.2) is 0 Å². The summed E-state index contributed by atoms with van der Waals surface area (Å²) in [5, 5.41) is 6.09. The summed E-state index contributed by atoms with van der Waals surface area (Å²) in [5.74, 6) is 0. The molecule has 4 nitrogen and oxygen atoms in total. The number of nitrogens with zero attached hydrogens (tertiary/aromatic N) is 2. The molecule has 21 heavy (non-hydrogen) atoms. The first kappa shape index (κ1) is 15.2. The summed E-state index contributed by atoms with van der Waals surface area (Å²) in [5.41, 5.74) is 0.774. The van der Waals surface area contributed by atoms with Gasteiger partial charge in [0.15, 0.2) is 0 Å². The summed E-state index contributed by atoms with van der Waals surface area (Å²) in [7, 11) is 1.30. The van der Waals surface area contributed by atoms with Gasteiger partial charge in [-0.1, -0.05) is 23.2 Å². The summed E-state index contributed by atoms with van der Waals surface area (Å²) in [6.07, 6.45) is 1.76. The molecule has 0 unspecified atom stereocenters. The molecule has 1 fully saturated rings. The van der Waals surface area contributed by atoms with Crippen LogP contribution in [0.15, 0.2) is 12.3 Å². The predicted octanol–water partition coefficient (Wildman–Crippen LogP) is 3.18. The highest BCUT2D eigenvalue weighted by Crippen LogP contribution is 2.38. The third-order valence-corrected chi connectivity index (χ3v) is 5.28. The molecule has 0 amide bonds. The molecular formula is C14H17BCl2N2O2. The van der Waals surface area contributed by atoms with Gasteiger partial charge in [-0.15, -0.1) is 0 Å². The average Bonchev–Trinajstić information content (AvgIpc) is 2.80. The molecule has 0 atom stereocenters. The third-order valence-electron chi connectivity index (χ3n) is 4.47. The topological polar surface area (TPSA) is 36.3 Å². The SMILES string of the molecule is Cn1ncc2c(B3OC(C)(C)C(C)(C)O3)c(Cl)c(Cl)cc21. The molecule has 1 aliphatic rings. The monoisotopic (exact) mass is 326 g/mol. The molecule has 0 N–H and O–H groups in total. The van der Waals surface area contributed by atoms with Crippen molar-refractivity contribution in [1.82, 2.24) is 9.78 Å². The first-order chi connectivity index (χ1) is 9.64. The van der Waals surface area contributed by atoms with E-state index in [4.69, 9.17) is 32.5 Å². The third kappa shape index (κ3) is 2.18. The molecule has 112 valence electrons. The van der Waals surface area contributed by atoms with Gasteiger partial charge < -0.3 is 9.31 Å². The van der Waals surface area contributed by atoms with Crippen LogP contribution in [-0.4, -0.2) is 28.1 Å². The molecule has 1 aromatic carbocycles. The van der Waals surface area contributed by atoms with Gasteiger partial charge in [-0.3, -0.25) is 4.68 Å². The lowest BCUT2D eigenvalue weighted by molar-refractivity contribution is 0.00578. The number of rotatable bonds is 1. The Morgan fingerprint density at radius 2 is 1.71 bits per heavy atom. The van der Waals surface area contributed by atoms with Crippen LogP contribution in [0.2, 0.25) is 10.0 Å². The summed E-state index contributed by atoms with van der Waals surface area (Å²) in [6, 6.07) is 1.81. The van der Waals surface area contributed by atoms with Crippen molar-refractivity contribution in [2.24, 2.45) is 7.05 Å². The van der Waals surface area contributed by atoms with Crippen LogP contribution in [0.4, 0.5) is 0 Å². The number of aryl methyl sites for hydroxylation is 1.